The molecule has 1 saturated heterocycles. The number of carbonyl (C=O) groups is 1. The highest BCUT2D eigenvalue weighted by Crippen LogP contribution is 2.24. The molecule has 9 heteroatoms. The maximum absolute atomic E-state index is 11.7. The Morgan fingerprint density at radius 3 is 2.41 bits per heavy atom. The molecule has 0 saturated carbocycles. The number of nitrogens with one attached hydrogen (secondary N) is 3. The third-order valence-corrected chi connectivity index (χ3v) is 5.10. The number of amides is 1. The Hall–Kier alpha value is -1.59. The van der Waals surface area contributed by atoms with Crippen molar-refractivity contribution < 1.29 is 9.53 Å². The molecule has 182 valence electrons. The van der Waals surface area contributed by atoms with Crippen LogP contribution >= 0.6 is 24.0 Å². The van der Waals surface area contributed by atoms with Crippen LogP contribution in [-0.2, 0) is 4.74 Å². The Bertz CT molecular complexity index is 695. The molecule has 1 unspecified atom stereocenters. The fourth-order valence-electron chi connectivity index (χ4n) is 3.59. The molecule has 1 aliphatic heterocycles. The Morgan fingerprint density at radius 1 is 1.09 bits per heavy atom. The van der Waals surface area contributed by atoms with Crippen LogP contribution in [0, 0.1) is 0 Å². The maximum atomic E-state index is 11.7. The molecular weight excluding hydrogens is 519 g/mol. The van der Waals surface area contributed by atoms with Crippen LogP contribution in [0.2, 0.25) is 0 Å². The van der Waals surface area contributed by atoms with E-state index in [4.69, 9.17) is 4.74 Å². The number of hydrogen-bond acceptors (Lipinski definition) is 5. The normalized spacial score (nSPS) is 17.9. The molecule has 1 fully saturated rings. The second-order valence-corrected chi connectivity index (χ2v) is 8.93. The van der Waals surface area contributed by atoms with Gasteiger partial charge in [-0.25, -0.2) is 4.79 Å². The van der Waals surface area contributed by atoms with Gasteiger partial charge in [-0.15, -0.1) is 24.0 Å². The van der Waals surface area contributed by atoms with Gasteiger partial charge in [-0.3, -0.25) is 9.89 Å². The fourth-order valence-corrected chi connectivity index (χ4v) is 3.59. The summed E-state index contributed by atoms with van der Waals surface area (Å²) in [7, 11) is 3.95. The van der Waals surface area contributed by atoms with Gasteiger partial charge in [0, 0.05) is 58.9 Å². The second-order valence-electron chi connectivity index (χ2n) is 8.93. The number of carbonyl (C=O) groups excluding carboxylic acids is 1. The molecule has 1 atom stereocenters. The van der Waals surface area contributed by atoms with Crippen molar-refractivity contribution in [2.75, 3.05) is 59.9 Å². The monoisotopic (exact) mass is 560 g/mol. The minimum Gasteiger partial charge on any atom is -0.444 e. The standard InChI is InChI=1S/C23H40N6O2.HI/c1-23(2,3)31-22(30)27-14-13-26-21(24-4)25-12-9-15-29-17-16-28(5)18-20(29)19-10-7-6-8-11-19;/h6-8,10-11,20H,9,12-18H2,1-5H3,(H,27,30)(H2,24,25,26);1H. The average molecular weight is 561 g/mol. The Morgan fingerprint density at radius 2 is 1.75 bits per heavy atom. The molecule has 1 heterocycles. The Balaban J connectivity index is 0.00000512. The summed E-state index contributed by atoms with van der Waals surface area (Å²) in [6, 6.07) is 11.2. The summed E-state index contributed by atoms with van der Waals surface area (Å²) in [6.07, 6.45) is 0.626. The van der Waals surface area contributed by atoms with E-state index in [1.165, 1.54) is 5.56 Å². The van der Waals surface area contributed by atoms with Crippen molar-refractivity contribution in [2.24, 2.45) is 4.99 Å². The van der Waals surface area contributed by atoms with E-state index in [0.717, 1.165) is 45.1 Å². The van der Waals surface area contributed by atoms with E-state index in [1.54, 1.807) is 7.05 Å². The van der Waals surface area contributed by atoms with Crippen molar-refractivity contribution in [3.05, 3.63) is 35.9 Å². The highest BCUT2D eigenvalue weighted by Gasteiger charge is 2.25. The van der Waals surface area contributed by atoms with Gasteiger partial charge in [0.1, 0.15) is 5.60 Å². The molecule has 1 aromatic carbocycles. The van der Waals surface area contributed by atoms with Gasteiger partial charge in [0.15, 0.2) is 5.96 Å². The number of nitrogens with zero attached hydrogens (tertiary/aromatic N) is 3. The van der Waals surface area contributed by atoms with Crippen LogP contribution in [0.25, 0.3) is 0 Å². The van der Waals surface area contributed by atoms with E-state index in [0.29, 0.717) is 19.1 Å². The van der Waals surface area contributed by atoms with Crippen LogP contribution in [0.3, 0.4) is 0 Å². The molecule has 32 heavy (non-hydrogen) atoms. The zero-order valence-electron chi connectivity index (χ0n) is 20.2. The minimum absolute atomic E-state index is 0. The van der Waals surface area contributed by atoms with Gasteiger partial charge in [-0.05, 0) is 39.8 Å². The predicted molar refractivity (Wildman–Crippen MR) is 142 cm³/mol. The van der Waals surface area contributed by atoms with Crippen molar-refractivity contribution in [1.29, 1.82) is 0 Å². The van der Waals surface area contributed by atoms with Crippen molar-refractivity contribution in [1.82, 2.24) is 25.8 Å². The molecule has 0 aliphatic carbocycles. The summed E-state index contributed by atoms with van der Waals surface area (Å²) in [5.74, 6) is 0.740. The molecule has 1 amide bonds. The number of ether oxygens (including phenoxy) is 1. The molecule has 0 spiro atoms. The van der Waals surface area contributed by atoms with E-state index < -0.39 is 11.7 Å². The summed E-state index contributed by atoms with van der Waals surface area (Å²) < 4.78 is 5.22. The summed E-state index contributed by atoms with van der Waals surface area (Å²) in [5.41, 5.74) is 0.898. The average Bonchev–Trinajstić information content (AvgIpc) is 2.72. The largest absolute Gasteiger partial charge is 0.444 e. The Labute approximate surface area is 210 Å². The fraction of sp³-hybridized carbons (Fsp3) is 0.652. The molecule has 0 aromatic heterocycles. The van der Waals surface area contributed by atoms with Crippen LogP contribution in [0.1, 0.15) is 38.8 Å². The number of alkyl carbamates (subject to hydrolysis) is 1. The zero-order valence-corrected chi connectivity index (χ0v) is 22.5. The van der Waals surface area contributed by atoms with Crippen LogP contribution in [0.5, 0.6) is 0 Å². The van der Waals surface area contributed by atoms with E-state index in [1.807, 2.05) is 20.8 Å². The van der Waals surface area contributed by atoms with Crippen molar-refractivity contribution in [3.8, 4) is 0 Å². The van der Waals surface area contributed by atoms with Crippen LogP contribution in [0.4, 0.5) is 4.79 Å². The number of halogens is 1. The summed E-state index contributed by atoms with van der Waals surface area (Å²) >= 11 is 0. The summed E-state index contributed by atoms with van der Waals surface area (Å²) in [5, 5.41) is 9.31. The van der Waals surface area contributed by atoms with Crippen LogP contribution in [0.15, 0.2) is 35.3 Å². The lowest BCUT2D eigenvalue weighted by Gasteiger charge is -2.40. The predicted octanol–water partition coefficient (Wildman–Crippen LogP) is 2.67. The quantitative estimate of drug-likeness (QED) is 0.197. The number of likely N-dealkylation sites (N-methyl/N-ethyl adjacent to an activating group) is 1. The number of rotatable bonds is 8. The van der Waals surface area contributed by atoms with Gasteiger partial charge in [0.25, 0.3) is 0 Å². The van der Waals surface area contributed by atoms with Gasteiger partial charge >= 0.3 is 6.09 Å². The smallest absolute Gasteiger partial charge is 0.407 e. The van der Waals surface area contributed by atoms with Gasteiger partial charge in [-0.2, -0.15) is 0 Å². The summed E-state index contributed by atoms with van der Waals surface area (Å²) in [6.45, 7) is 11.7. The lowest BCUT2D eigenvalue weighted by atomic mass is 10.0. The van der Waals surface area contributed by atoms with E-state index in [9.17, 15) is 4.79 Å². The lowest BCUT2D eigenvalue weighted by Crippen LogP contribution is -2.47. The van der Waals surface area contributed by atoms with Crippen molar-refractivity contribution >= 4 is 36.0 Å². The number of aliphatic imine (C=N–C) groups is 1. The highest BCUT2D eigenvalue weighted by atomic mass is 127. The molecule has 0 bridgehead atoms. The summed E-state index contributed by atoms with van der Waals surface area (Å²) in [4.78, 5) is 20.9. The van der Waals surface area contributed by atoms with E-state index in [2.05, 4.69) is 68.1 Å². The molecular formula is C23H41IN6O2. The molecule has 8 nitrogen and oxygen atoms in total. The van der Waals surface area contributed by atoms with Gasteiger partial charge < -0.3 is 25.6 Å². The Kier molecular flexibility index (Phi) is 12.9. The molecule has 2 rings (SSSR count). The van der Waals surface area contributed by atoms with Gasteiger partial charge in [0.2, 0.25) is 0 Å². The lowest BCUT2D eigenvalue weighted by molar-refractivity contribution is 0.0529. The first-order chi connectivity index (χ1) is 14.8. The number of piperazine rings is 1. The third kappa shape index (κ3) is 10.8. The third-order valence-electron chi connectivity index (χ3n) is 5.10. The van der Waals surface area contributed by atoms with Crippen LogP contribution in [-0.4, -0.2) is 87.4 Å². The highest BCUT2D eigenvalue weighted by molar-refractivity contribution is 14.0. The number of hydrogen-bond donors (Lipinski definition) is 3. The van der Waals surface area contributed by atoms with E-state index >= 15 is 0 Å². The molecule has 1 aliphatic rings. The van der Waals surface area contributed by atoms with Crippen molar-refractivity contribution in [2.45, 2.75) is 38.8 Å². The maximum Gasteiger partial charge on any atom is 0.407 e. The first-order valence-electron chi connectivity index (χ1n) is 11.2. The molecule has 3 N–H and O–H groups in total. The zero-order chi connectivity index (χ0) is 22.7. The number of benzene rings is 1. The second kappa shape index (κ2) is 14.5. The SMILES string of the molecule is CN=C(NCCCN1CCN(C)CC1c1ccccc1)NCCNC(=O)OC(C)(C)C.I. The molecule has 1 aromatic rings. The first-order valence-corrected chi connectivity index (χ1v) is 11.2. The van der Waals surface area contributed by atoms with Crippen LogP contribution < -0.4 is 16.0 Å². The molecule has 0 radical (unpaired) electrons. The van der Waals surface area contributed by atoms with E-state index in [-0.39, 0.29) is 24.0 Å². The van der Waals surface area contributed by atoms with Gasteiger partial charge in [0.05, 0.1) is 0 Å². The first kappa shape index (κ1) is 28.4. The number of guanidine groups is 1. The topological polar surface area (TPSA) is 81.2 Å². The van der Waals surface area contributed by atoms with Crippen molar-refractivity contribution in [3.63, 3.8) is 0 Å². The minimum atomic E-state index is -0.488. The van der Waals surface area contributed by atoms with Gasteiger partial charge in [-0.1, -0.05) is 30.3 Å².